The molecule has 3 heterocycles. The molecule has 0 bridgehead atoms. The van der Waals surface area contributed by atoms with Crippen molar-refractivity contribution in [3.63, 3.8) is 0 Å². The number of nitrogens with zero attached hydrogens (tertiary/aromatic N) is 5. The number of rotatable bonds is 3. The summed E-state index contributed by atoms with van der Waals surface area (Å²) in [5, 5.41) is 8.81. The van der Waals surface area contributed by atoms with Gasteiger partial charge in [0.25, 0.3) is 5.91 Å². The molecule has 1 saturated heterocycles. The van der Waals surface area contributed by atoms with Crippen LogP contribution in [0.3, 0.4) is 0 Å². The molecule has 2 amide bonds. The van der Waals surface area contributed by atoms with Gasteiger partial charge in [-0.05, 0) is 31.0 Å². The summed E-state index contributed by atoms with van der Waals surface area (Å²) in [5.74, 6) is 2.45. The zero-order chi connectivity index (χ0) is 19.7. The molecule has 1 fully saturated rings. The Morgan fingerprint density at radius 1 is 1.14 bits per heavy atom. The van der Waals surface area contributed by atoms with Gasteiger partial charge in [-0.25, -0.2) is 0 Å². The zero-order valence-electron chi connectivity index (χ0n) is 16.3. The number of carbonyl (C=O) groups excluding carboxylic acids is 2. The average molecular weight is 383 g/mol. The molecule has 2 aromatic rings. The van der Waals surface area contributed by atoms with Gasteiger partial charge in [-0.1, -0.05) is 6.07 Å². The van der Waals surface area contributed by atoms with Crippen molar-refractivity contribution >= 4 is 11.8 Å². The van der Waals surface area contributed by atoms with E-state index in [-0.39, 0.29) is 17.9 Å². The Balaban J connectivity index is 1.59. The highest BCUT2D eigenvalue weighted by atomic mass is 16.5. The van der Waals surface area contributed by atoms with E-state index in [0.29, 0.717) is 43.9 Å². The lowest BCUT2D eigenvalue weighted by atomic mass is 10.1. The Labute approximate surface area is 164 Å². The van der Waals surface area contributed by atoms with Gasteiger partial charge in [0.1, 0.15) is 11.6 Å². The van der Waals surface area contributed by atoms with Crippen molar-refractivity contribution in [2.75, 3.05) is 26.7 Å². The van der Waals surface area contributed by atoms with Crippen molar-refractivity contribution in [1.29, 1.82) is 0 Å². The maximum Gasteiger partial charge on any atom is 0.254 e. The number of carbonyl (C=O) groups is 2. The molecule has 8 nitrogen and oxygen atoms in total. The van der Waals surface area contributed by atoms with E-state index in [1.54, 1.807) is 20.1 Å². The van der Waals surface area contributed by atoms with Gasteiger partial charge in [0.2, 0.25) is 5.91 Å². The first kappa shape index (κ1) is 18.5. The Bertz CT molecular complexity index is 894. The summed E-state index contributed by atoms with van der Waals surface area (Å²) < 4.78 is 7.36. The third-order valence-electron chi connectivity index (χ3n) is 5.63. The molecule has 148 valence electrons. The molecule has 1 aromatic heterocycles. The third-order valence-corrected chi connectivity index (χ3v) is 5.63. The van der Waals surface area contributed by atoms with Gasteiger partial charge < -0.3 is 19.1 Å². The number of aromatic nitrogens is 3. The summed E-state index contributed by atoms with van der Waals surface area (Å²) in [6, 6.07) is 7.15. The fourth-order valence-corrected chi connectivity index (χ4v) is 4.11. The molecular formula is C20H25N5O3. The van der Waals surface area contributed by atoms with Gasteiger partial charge in [0.05, 0.1) is 13.2 Å². The topological polar surface area (TPSA) is 80.6 Å². The van der Waals surface area contributed by atoms with E-state index in [0.717, 1.165) is 24.5 Å². The maximum absolute atomic E-state index is 13.2. The van der Waals surface area contributed by atoms with E-state index in [9.17, 15) is 9.59 Å². The Hall–Kier alpha value is -2.90. The fraction of sp³-hybridized carbons (Fsp3) is 0.500. The van der Waals surface area contributed by atoms with Crippen LogP contribution in [0, 0.1) is 0 Å². The molecular weight excluding hydrogens is 358 g/mol. The van der Waals surface area contributed by atoms with Crippen LogP contribution in [0.5, 0.6) is 5.75 Å². The van der Waals surface area contributed by atoms with E-state index >= 15 is 0 Å². The molecule has 1 atom stereocenters. The first-order chi connectivity index (χ1) is 13.6. The average Bonchev–Trinajstić information content (AvgIpc) is 3.28. The highest BCUT2D eigenvalue weighted by Gasteiger charge is 2.35. The van der Waals surface area contributed by atoms with Gasteiger partial charge in [0.15, 0.2) is 5.82 Å². The van der Waals surface area contributed by atoms with Crippen LogP contribution < -0.4 is 4.74 Å². The van der Waals surface area contributed by atoms with E-state index < -0.39 is 0 Å². The minimum atomic E-state index is -0.0937. The molecule has 4 rings (SSSR count). The molecule has 1 aromatic carbocycles. The van der Waals surface area contributed by atoms with Crippen LogP contribution in [0.25, 0.3) is 0 Å². The molecule has 2 aliphatic rings. The Morgan fingerprint density at radius 2 is 2.00 bits per heavy atom. The molecule has 0 unspecified atom stereocenters. The van der Waals surface area contributed by atoms with E-state index in [1.165, 1.54) is 0 Å². The standard InChI is InChI=1S/C20H25N5O3/c1-14(26)23-10-8-18-21-22-19(25(18)12-11-23)17-7-4-9-24(17)20(27)15-5-3-6-16(13-15)28-2/h3,5-6,13,17H,4,7-12H2,1-2H3/t17-/m1/s1. The van der Waals surface area contributed by atoms with Crippen LogP contribution in [-0.2, 0) is 17.8 Å². The number of fused-ring (bicyclic) bond motifs is 1. The fourth-order valence-electron chi connectivity index (χ4n) is 4.11. The van der Waals surface area contributed by atoms with E-state index in [2.05, 4.69) is 14.8 Å². The minimum Gasteiger partial charge on any atom is -0.497 e. The van der Waals surface area contributed by atoms with Crippen LogP contribution in [-0.4, -0.2) is 63.1 Å². The molecule has 2 aliphatic heterocycles. The van der Waals surface area contributed by atoms with Gasteiger partial charge in [-0.3, -0.25) is 9.59 Å². The van der Waals surface area contributed by atoms with Crippen molar-refractivity contribution in [3.8, 4) is 5.75 Å². The first-order valence-corrected chi connectivity index (χ1v) is 9.71. The van der Waals surface area contributed by atoms with Crippen LogP contribution in [0.15, 0.2) is 24.3 Å². The quantitative estimate of drug-likeness (QED) is 0.805. The number of amides is 2. The van der Waals surface area contributed by atoms with Crippen molar-refractivity contribution < 1.29 is 14.3 Å². The monoisotopic (exact) mass is 383 g/mol. The summed E-state index contributed by atoms with van der Waals surface area (Å²) in [7, 11) is 1.60. The molecule has 0 spiro atoms. The zero-order valence-corrected chi connectivity index (χ0v) is 16.3. The Kier molecular flexibility index (Phi) is 5.02. The van der Waals surface area contributed by atoms with Crippen LogP contribution in [0.4, 0.5) is 0 Å². The largest absolute Gasteiger partial charge is 0.497 e. The smallest absolute Gasteiger partial charge is 0.254 e. The first-order valence-electron chi connectivity index (χ1n) is 9.71. The summed E-state index contributed by atoms with van der Waals surface area (Å²) in [6.45, 7) is 4.25. The van der Waals surface area contributed by atoms with E-state index in [4.69, 9.17) is 4.74 Å². The van der Waals surface area contributed by atoms with Crippen LogP contribution >= 0.6 is 0 Å². The van der Waals surface area contributed by atoms with Crippen molar-refractivity contribution in [1.82, 2.24) is 24.6 Å². The summed E-state index contributed by atoms with van der Waals surface area (Å²) in [5.41, 5.74) is 0.615. The Morgan fingerprint density at radius 3 is 2.79 bits per heavy atom. The van der Waals surface area contributed by atoms with Gasteiger partial charge in [-0.2, -0.15) is 0 Å². The number of hydrogen-bond acceptors (Lipinski definition) is 5. The maximum atomic E-state index is 13.2. The lowest BCUT2D eigenvalue weighted by Crippen LogP contribution is -2.33. The number of likely N-dealkylation sites (tertiary alicyclic amines) is 1. The molecule has 0 aliphatic carbocycles. The van der Waals surface area contributed by atoms with Gasteiger partial charge in [0, 0.05) is 45.1 Å². The van der Waals surface area contributed by atoms with Crippen molar-refractivity contribution in [2.24, 2.45) is 0 Å². The predicted molar refractivity (Wildman–Crippen MR) is 102 cm³/mol. The van der Waals surface area contributed by atoms with Gasteiger partial charge in [-0.15, -0.1) is 10.2 Å². The minimum absolute atomic E-state index is 0.0160. The molecule has 0 radical (unpaired) electrons. The van der Waals surface area contributed by atoms with Gasteiger partial charge >= 0.3 is 0 Å². The summed E-state index contributed by atoms with van der Waals surface area (Å²) in [4.78, 5) is 28.6. The lowest BCUT2D eigenvalue weighted by molar-refractivity contribution is -0.128. The van der Waals surface area contributed by atoms with E-state index in [1.807, 2.05) is 28.0 Å². The molecule has 0 N–H and O–H groups in total. The van der Waals surface area contributed by atoms with Crippen molar-refractivity contribution in [2.45, 2.75) is 38.8 Å². The number of benzene rings is 1. The normalized spacial score (nSPS) is 19.3. The highest BCUT2D eigenvalue weighted by molar-refractivity contribution is 5.95. The predicted octanol–water partition coefficient (Wildman–Crippen LogP) is 1.67. The number of hydrogen-bond donors (Lipinski definition) is 0. The second-order valence-corrected chi connectivity index (χ2v) is 7.27. The number of ether oxygens (including phenoxy) is 1. The number of methoxy groups -OCH3 is 1. The second kappa shape index (κ2) is 7.61. The SMILES string of the molecule is COc1cccc(C(=O)N2CCC[C@@H]2c2nnc3n2CCN(C(C)=O)CC3)c1. The summed E-state index contributed by atoms with van der Waals surface area (Å²) >= 11 is 0. The lowest BCUT2D eigenvalue weighted by Gasteiger charge is -2.25. The molecule has 28 heavy (non-hydrogen) atoms. The molecule has 8 heteroatoms. The second-order valence-electron chi connectivity index (χ2n) is 7.27. The third kappa shape index (κ3) is 3.34. The van der Waals surface area contributed by atoms with Crippen molar-refractivity contribution in [3.05, 3.63) is 41.5 Å². The van der Waals surface area contributed by atoms with Crippen LogP contribution in [0.2, 0.25) is 0 Å². The van der Waals surface area contributed by atoms with Crippen LogP contribution in [0.1, 0.15) is 47.8 Å². The molecule has 0 saturated carbocycles. The summed E-state index contributed by atoms with van der Waals surface area (Å²) in [6.07, 6.45) is 2.48. The highest BCUT2D eigenvalue weighted by Crippen LogP contribution is 2.33.